The lowest BCUT2D eigenvalue weighted by atomic mass is 10.1. The zero-order valence-electron chi connectivity index (χ0n) is 10.5. The van der Waals surface area contributed by atoms with Gasteiger partial charge in [-0.05, 0) is 49.4 Å². The Balaban J connectivity index is 2.42. The van der Waals surface area contributed by atoms with Gasteiger partial charge < -0.3 is 9.84 Å². The summed E-state index contributed by atoms with van der Waals surface area (Å²) in [5.41, 5.74) is 1.35. The van der Waals surface area contributed by atoms with Crippen molar-refractivity contribution in [3.05, 3.63) is 28.2 Å². The molecule has 0 unspecified atom stereocenters. The SMILES string of the molecule is CCOc1cc(C)cc(/C=C2\SC(=O)NC2=O)c1O. The van der Waals surface area contributed by atoms with Gasteiger partial charge in [0, 0.05) is 5.56 Å². The Hall–Kier alpha value is -1.95. The van der Waals surface area contributed by atoms with E-state index < -0.39 is 11.1 Å². The van der Waals surface area contributed by atoms with Crippen molar-refractivity contribution >= 4 is 29.0 Å². The maximum atomic E-state index is 11.5. The molecule has 1 aliphatic heterocycles. The second-order valence-corrected chi connectivity index (χ2v) is 5.00. The number of phenols is 1. The lowest BCUT2D eigenvalue weighted by molar-refractivity contribution is -0.115. The molecule has 2 amide bonds. The number of benzene rings is 1. The van der Waals surface area contributed by atoms with Crippen LogP contribution in [0.25, 0.3) is 6.08 Å². The van der Waals surface area contributed by atoms with Crippen molar-refractivity contribution in [2.45, 2.75) is 13.8 Å². The Morgan fingerprint density at radius 1 is 1.42 bits per heavy atom. The van der Waals surface area contributed by atoms with Crippen molar-refractivity contribution in [2.75, 3.05) is 6.61 Å². The van der Waals surface area contributed by atoms with Crippen LogP contribution in [-0.4, -0.2) is 22.9 Å². The minimum atomic E-state index is -0.450. The number of hydrogen-bond acceptors (Lipinski definition) is 5. The molecule has 1 aromatic rings. The summed E-state index contributed by atoms with van der Waals surface area (Å²) in [6.45, 7) is 4.11. The molecule has 5 nitrogen and oxygen atoms in total. The fourth-order valence-corrected chi connectivity index (χ4v) is 2.38. The summed E-state index contributed by atoms with van der Waals surface area (Å²) in [4.78, 5) is 22.8. The molecule has 1 aliphatic rings. The van der Waals surface area contributed by atoms with E-state index in [0.29, 0.717) is 17.9 Å². The maximum absolute atomic E-state index is 11.5. The molecule has 0 atom stereocenters. The molecular formula is C13H13NO4S. The number of aryl methyl sites for hydroxylation is 1. The molecule has 0 saturated carbocycles. The van der Waals surface area contributed by atoms with Crippen molar-refractivity contribution in [3.63, 3.8) is 0 Å². The van der Waals surface area contributed by atoms with Gasteiger partial charge in [0.25, 0.3) is 11.1 Å². The summed E-state index contributed by atoms with van der Waals surface area (Å²) in [5.74, 6) is -0.120. The molecule has 1 aromatic carbocycles. The van der Waals surface area contributed by atoms with Gasteiger partial charge in [0.1, 0.15) is 0 Å². The molecule has 2 rings (SSSR count). The van der Waals surface area contributed by atoms with E-state index in [9.17, 15) is 14.7 Å². The Kier molecular flexibility index (Phi) is 3.80. The molecule has 2 N–H and O–H groups in total. The normalized spacial score (nSPS) is 16.8. The fraction of sp³-hybridized carbons (Fsp3) is 0.231. The van der Waals surface area contributed by atoms with Crippen LogP contribution in [0.4, 0.5) is 4.79 Å². The van der Waals surface area contributed by atoms with Crippen LogP contribution in [0.5, 0.6) is 11.5 Å². The Bertz CT molecular complexity index is 580. The second-order valence-electron chi connectivity index (χ2n) is 3.99. The first-order valence-electron chi connectivity index (χ1n) is 5.72. The van der Waals surface area contributed by atoms with E-state index >= 15 is 0 Å². The first-order valence-corrected chi connectivity index (χ1v) is 6.54. The maximum Gasteiger partial charge on any atom is 0.290 e. The Morgan fingerprint density at radius 3 is 2.74 bits per heavy atom. The summed E-state index contributed by atoms with van der Waals surface area (Å²) in [6.07, 6.45) is 1.48. The molecule has 100 valence electrons. The number of hydrogen-bond donors (Lipinski definition) is 2. The predicted octanol–water partition coefficient (Wildman–Crippen LogP) is 2.42. The molecule has 0 aliphatic carbocycles. The summed E-state index contributed by atoms with van der Waals surface area (Å²) in [6, 6.07) is 3.44. The number of thioether (sulfide) groups is 1. The van der Waals surface area contributed by atoms with Crippen LogP contribution < -0.4 is 10.1 Å². The van der Waals surface area contributed by atoms with Crippen LogP contribution in [0.3, 0.4) is 0 Å². The summed E-state index contributed by atoms with van der Waals surface area (Å²) < 4.78 is 5.32. The number of phenolic OH excluding ortho intramolecular Hbond substituents is 1. The van der Waals surface area contributed by atoms with E-state index in [0.717, 1.165) is 17.3 Å². The van der Waals surface area contributed by atoms with Crippen LogP contribution >= 0.6 is 11.8 Å². The monoisotopic (exact) mass is 279 g/mol. The molecule has 0 radical (unpaired) electrons. The number of ether oxygens (including phenoxy) is 1. The first-order chi connectivity index (χ1) is 9.01. The molecule has 1 saturated heterocycles. The third kappa shape index (κ3) is 2.90. The van der Waals surface area contributed by atoms with E-state index in [4.69, 9.17) is 4.74 Å². The minimum absolute atomic E-state index is 0.0345. The highest BCUT2D eigenvalue weighted by atomic mass is 32.2. The average molecular weight is 279 g/mol. The van der Waals surface area contributed by atoms with Gasteiger partial charge in [-0.15, -0.1) is 0 Å². The number of rotatable bonds is 3. The third-order valence-corrected chi connectivity index (χ3v) is 3.29. The fourth-order valence-electron chi connectivity index (χ4n) is 1.71. The number of imide groups is 1. The standard InChI is InChI=1S/C13H13NO4S/c1-3-18-9-5-7(2)4-8(11(9)15)6-10-12(16)14-13(17)19-10/h4-6,15H,3H2,1-2H3,(H,14,16,17)/b10-6-. The van der Waals surface area contributed by atoms with E-state index in [1.807, 2.05) is 13.8 Å². The molecule has 1 fully saturated rings. The Morgan fingerprint density at radius 2 is 2.16 bits per heavy atom. The smallest absolute Gasteiger partial charge is 0.290 e. The van der Waals surface area contributed by atoms with E-state index in [1.54, 1.807) is 12.1 Å². The Labute approximate surface area is 114 Å². The van der Waals surface area contributed by atoms with Crippen molar-refractivity contribution in [1.82, 2.24) is 5.32 Å². The number of amides is 2. The van der Waals surface area contributed by atoms with Crippen LogP contribution in [0.15, 0.2) is 17.0 Å². The predicted molar refractivity (Wildman–Crippen MR) is 73.1 cm³/mol. The third-order valence-electron chi connectivity index (χ3n) is 2.48. The van der Waals surface area contributed by atoms with E-state index in [2.05, 4.69) is 5.32 Å². The molecule has 1 heterocycles. The zero-order valence-corrected chi connectivity index (χ0v) is 11.3. The largest absolute Gasteiger partial charge is 0.504 e. The average Bonchev–Trinajstić information content (AvgIpc) is 2.64. The van der Waals surface area contributed by atoms with Crippen LogP contribution in [0.2, 0.25) is 0 Å². The van der Waals surface area contributed by atoms with Crippen molar-refractivity contribution < 1.29 is 19.4 Å². The first kappa shape index (κ1) is 13.5. The quantitative estimate of drug-likeness (QED) is 0.831. The summed E-state index contributed by atoms with van der Waals surface area (Å²) in [7, 11) is 0. The molecule has 6 heteroatoms. The molecular weight excluding hydrogens is 266 g/mol. The van der Waals surface area contributed by atoms with Gasteiger partial charge in [-0.1, -0.05) is 0 Å². The summed E-state index contributed by atoms with van der Waals surface area (Å²) >= 11 is 0.812. The molecule has 19 heavy (non-hydrogen) atoms. The number of nitrogens with one attached hydrogen (secondary N) is 1. The minimum Gasteiger partial charge on any atom is -0.504 e. The van der Waals surface area contributed by atoms with Crippen LogP contribution in [0, 0.1) is 6.92 Å². The van der Waals surface area contributed by atoms with Crippen molar-refractivity contribution in [1.29, 1.82) is 0 Å². The van der Waals surface area contributed by atoms with Crippen molar-refractivity contribution in [3.8, 4) is 11.5 Å². The van der Waals surface area contributed by atoms with E-state index in [-0.39, 0.29) is 10.7 Å². The van der Waals surface area contributed by atoms with Gasteiger partial charge in [0.15, 0.2) is 11.5 Å². The molecule has 0 aromatic heterocycles. The highest BCUT2D eigenvalue weighted by Gasteiger charge is 2.25. The van der Waals surface area contributed by atoms with Gasteiger partial charge >= 0.3 is 0 Å². The highest BCUT2D eigenvalue weighted by Crippen LogP contribution is 2.35. The van der Waals surface area contributed by atoms with Gasteiger partial charge in [-0.2, -0.15) is 0 Å². The van der Waals surface area contributed by atoms with E-state index in [1.165, 1.54) is 6.08 Å². The topological polar surface area (TPSA) is 75.6 Å². The lowest BCUT2D eigenvalue weighted by Crippen LogP contribution is -2.17. The van der Waals surface area contributed by atoms with Crippen LogP contribution in [0.1, 0.15) is 18.1 Å². The number of carbonyl (C=O) groups excluding carboxylic acids is 2. The van der Waals surface area contributed by atoms with Gasteiger partial charge in [-0.25, -0.2) is 0 Å². The van der Waals surface area contributed by atoms with Gasteiger partial charge in [-0.3, -0.25) is 14.9 Å². The number of aromatic hydroxyl groups is 1. The van der Waals surface area contributed by atoms with Gasteiger partial charge in [0.2, 0.25) is 0 Å². The van der Waals surface area contributed by atoms with Crippen LogP contribution in [-0.2, 0) is 4.79 Å². The van der Waals surface area contributed by atoms with Crippen molar-refractivity contribution in [2.24, 2.45) is 0 Å². The van der Waals surface area contributed by atoms with Gasteiger partial charge in [0.05, 0.1) is 11.5 Å². The number of carbonyl (C=O) groups is 2. The second kappa shape index (κ2) is 5.36. The zero-order chi connectivity index (χ0) is 14.0. The molecule has 0 spiro atoms. The highest BCUT2D eigenvalue weighted by molar-refractivity contribution is 8.18. The lowest BCUT2D eigenvalue weighted by Gasteiger charge is -2.09. The molecule has 0 bridgehead atoms. The summed E-state index contributed by atoms with van der Waals surface area (Å²) in [5, 5.41) is 11.8.